The Hall–Kier alpha value is -2.01. The van der Waals surface area contributed by atoms with Gasteiger partial charge in [-0.2, -0.15) is 0 Å². The maximum atomic E-state index is 13.6. The fourth-order valence-electron chi connectivity index (χ4n) is 1.81. The van der Waals surface area contributed by atoms with Gasteiger partial charge in [0.1, 0.15) is 5.82 Å². The third kappa shape index (κ3) is 4.23. The van der Waals surface area contributed by atoms with E-state index >= 15 is 0 Å². The Labute approximate surface area is 123 Å². The van der Waals surface area contributed by atoms with Crippen LogP contribution in [-0.2, 0) is 6.54 Å². The van der Waals surface area contributed by atoms with E-state index in [0.29, 0.717) is 18.5 Å². The van der Waals surface area contributed by atoms with Crippen LogP contribution in [0.15, 0.2) is 30.5 Å². The molecule has 112 valence electrons. The molecule has 2 rings (SSSR count). The lowest BCUT2D eigenvalue weighted by molar-refractivity contribution is 0.420. The van der Waals surface area contributed by atoms with E-state index in [2.05, 4.69) is 24.1 Å². The molecule has 1 heterocycles. The molecule has 1 N–H and O–H groups in total. The molecule has 0 atom stereocenters. The lowest BCUT2D eigenvalue weighted by Gasteiger charge is -2.11. The fraction of sp³-hybridized carbons (Fsp3) is 0.312. The van der Waals surface area contributed by atoms with Gasteiger partial charge in [0, 0.05) is 30.4 Å². The molecular weight excluding hydrogens is 274 g/mol. The van der Waals surface area contributed by atoms with E-state index < -0.39 is 11.6 Å². The minimum Gasteiger partial charge on any atom is -0.436 e. The summed E-state index contributed by atoms with van der Waals surface area (Å²) >= 11 is 0. The number of rotatable bonds is 5. The van der Waals surface area contributed by atoms with Crippen LogP contribution in [0.3, 0.4) is 0 Å². The van der Waals surface area contributed by atoms with Crippen molar-refractivity contribution in [3.8, 4) is 11.6 Å². The molecule has 0 unspecified atom stereocenters. The van der Waals surface area contributed by atoms with E-state index in [1.807, 2.05) is 13.0 Å². The minimum absolute atomic E-state index is 0.0416. The molecule has 0 fully saturated rings. The first-order chi connectivity index (χ1) is 9.95. The molecule has 0 bridgehead atoms. The molecular formula is C16H18F2N2O. The third-order valence-electron chi connectivity index (χ3n) is 2.90. The molecule has 0 aliphatic carbocycles. The van der Waals surface area contributed by atoms with Crippen molar-refractivity contribution in [1.82, 2.24) is 10.3 Å². The summed E-state index contributed by atoms with van der Waals surface area (Å²) in [7, 11) is 0. The van der Waals surface area contributed by atoms with Crippen molar-refractivity contribution in [1.29, 1.82) is 0 Å². The first kappa shape index (κ1) is 15.4. The van der Waals surface area contributed by atoms with Gasteiger partial charge in [-0.15, -0.1) is 0 Å². The monoisotopic (exact) mass is 292 g/mol. The van der Waals surface area contributed by atoms with Crippen molar-refractivity contribution in [3.05, 3.63) is 53.2 Å². The molecule has 0 amide bonds. The molecule has 0 saturated carbocycles. The van der Waals surface area contributed by atoms with Gasteiger partial charge < -0.3 is 10.1 Å². The maximum absolute atomic E-state index is 13.6. The lowest BCUT2D eigenvalue weighted by atomic mass is 10.2. The largest absolute Gasteiger partial charge is 0.436 e. The average molecular weight is 292 g/mol. The summed E-state index contributed by atoms with van der Waals surface area (Å²) in [6, 6.07) is 5.49. The summed E-state index contributed by atoms with van der Waals surface area (Å²) in [6.45, 7) is 6.67. The van der Waals surface area contributed by atoms with E-state index in [4.69, 9.17) is 4.74 Å². The van der Waals surface area contributed by atoms with Crippen LogP contribution >= 0.6 is 0 Å². The van der Waals surface area contributed by atoms with E-state index in [-0.39, 0.29) is 5.75 Å². The molecule has 1 aromatic heterocycles. The zero-order chi connectivity index (χ0) is 15.4. The molecule has 0 aliphatic heterocycles. The summed E-state index contributed by atoms with van der Waals surface area (Å²) in [6.07, 6.45) is 1.68. The molecule has 2 aromatic rings. The van der Waals surface area contributed by atoms with Gasteiger partial charge in [-0.3, -0.25) is 0 Å². The van der Waals surface area contributed by atoms with Gasteiger partial charge in [0.05, 0.1) is 0 Å². The second-order valence-electron chi connectivity index (χ2n) is 5.18. The number of aryl methyl sites for hydroxylation is 1. The van der Waals surface area contributed by atoms with Crippen LogP contribution in [-0.4, -0.2) is 11.0 Å². The average Bonchev–Trinajstić information content (AvgIpc) is 2.42. The third-order valence-corrected chi connectivity index (χ3v) is 2.90. The van der Waals surface area contributed by atoms with E-state index in [1.54, 1.807) is 6.20 Å². The Kier molecular flexibility index (Phi) is 4.85. The predicted molar refractivity (Wildman–Crippen MR) is 77.4 cm³/mol. The number of hydrogen-bond acceptors (Lipinski definition) is 3. The van der Waals surface area contributed by atoms with Gasteiger partial charge in [0.15, 0.2) is 11.6 Å². The van der Waals surface area contributed by atoms with Crippen molar-refractivity contribution in [2.45, 2.75) is 33.4 Å². The zero-order valence-electron chi connectivity index (χ0n) is 12.3. The molecule has 0 spiro atoms. The predicted octanol–water partition coefficient (Wildman–Crippen LogP) is 3.96. The van der Waals surface area contributed by atoms with Gasteiger partial charge in [-0.1, -0.05) is 13.8 Å². The first-order valence-corrected chi connectivity index (χ1v) is 6.77. The van der Waals surface area contributed by atoms with Gasteiger partial charge in [-0.05, 0) is 30.7 Å². The SMILES string of the molecule is Cc1cc(CNC(C)C)cnc1Oc1ccc(F)cc1F. The lowest BCUT2D eigenvalue weighted by Crippen LogP contribution is -2.21. The van der Waals surface area contributed by atoms with Gasteiger partial charge in [0.25, 0.3) is 0 Å². The number of halogens is 2. The van der Waals surface area contributed by atoms with Crippen LogP contribution in [0.1, 0.15) is 25.0 Å². The normalized spacial score (nSPS) is 11.0. The summed E-state index contributed by atoms with van der Waals surface area (Å²) in [5, 5.41) is 3.29. The van der Waals surface area contributed by atoms with Gasteiger partial charge in [0.2, 0.25) is 5.88 Å². The van der Waals surface area contributed by atoms with E-state index in [0.717, 1.165) is 23.3 Å². The Morgan fingerprint density at radius 3 is 2.62 bits per heavy atom. The topological polar surface area (TPSA) is 34.2 Å². The number of nitrogens with one attached hydrogen (secondary N) is 1. The fourth-order valence-corrected chi connectivity index (χ4v) is 1.81. The van der Waals surface area contributed by atoms with E-state index in [1.165, 1.54) is 6.07 Å². The highest BCUT2D eigenvalue weighted by atomic mass is 19.1. The highest BCUT2D eigenvalue weighted by Crippen LogP contribution is 2.26. The molecule has 3 nitrogen and oxygen atoms in total. The number of aromatic nitrogens is 1. The van der Waals surface area contributed by atoms with E-state index in [9.17, 15) is 8.78 Å². The molecule has 5 heteroatoms. The molecule has 0 saturated heterocycles. The maximum Gasteiger partial charge on any atom is 0.222 e. The van der Waals surface area contributed by atoms with Crippen LogP contribution < -0.4 is 10.1 Å². The highest BCUT2D eigenvalue weighted by molar-refractivity contribution is 5.34. The second kappa shape index (κ2) is 6.63. The van der Waals surface area contributed by atoms with Gasteiger partial charge >= 0.3 is 0 Å². The molecule has 1 aromatic carbocycles. The van der Waals surface area contributed by atoms with Crippen molar-refractivity contribution >= 4 is 0 Å². The summed E-state index contributed by atoms with van der Waals surface area (Å²) in [4.78, 5) is 4.19. The number of pyridine rings is 1. The Bertz CT molecular complexity index is 630. The number of benzene rings is 1. The van der Waals surface area contributed by atoms with Gasteiger partial charge in [-0.25, -0.2) is 13.8 Å². The number of nitrogens with zero attached hydrogens (tertiary/aromatic N) is 1. The van der Waals surface area contributed by atoms with Crippen LogP contribution in [0.25, 0.3) is 0 Å². The van der Waals surface area contributed by atoms with Crippen LogP contribution in [0.5, 0.6) is 11.6 Å². The smallest absolute Gasteiger partial charge is 0.222 e. The standard InChI is InChI=1S/C16H18F2N2O/c1-10(2)19-8-12-6-11(3)16(20-9-12)21-15-5-4-13(17)7-14(15)18/h4-7,9-10,19H,8H2,1-3H3. The summed E-state index contributed by atoms with van der Waals surface area (Å²) < 4.78 is 31.8. The summed E-state index contributed by atoms with van der Waals surface area (Å²) in [5.74, 6) is -1.12. The van der Waals surface area contributed by atoms with Crippen LogP contribution in [0.4, 0.5) is 8.78 Å². The second-order valence-corrected chi connectivity index (χ2v) is 5.18. The van der Waals surface area contributed by atoms with Crippen LogP contribution in [0, 0.1) is 18.6 Å². The number of ether oxygens (including phenoxy) is 1. The minimum atomic E-state index is -0.748. The molecule has 21 heavy (non-hydrogen) atoms. The number of hydrogen-bond donors (Lipinski definition) is 1. The van der Waals surface area contributed by atoms with Crippen molar-refractivity contribution in [3.63, 3.8) is 0 Å². The quantitative estimate of drug-likeness (QED) is 0.905. The molecule has 0 radical (unpaired) electrons. The van der Waals surface area contributed by atoms with Crippen molar-refractivity contribution in [2.75, 3.05) is 0 Å². The van der Waals surface area contributed by atoms with Crippen molar-refractivity contribution < 1.29 is 13.5 Å². The van der Waals surface area contributed by atoms with Crippen molar-refractivity contribution in [2.24, 2.45) is 0 Å². The Morgan fingerprint density at radius 2 is 2.00 bits per heavy atom. The zero-order valence-corrected chi connectivity index (χ0v) is 12.3. The Morgan fingerprint density at radius 1 is 1.24 bits per heavy atom. The first-order valence-electron chi connectivity index (χ1n) is 6.77. The highest BCUT2D eigenvalue weighted by Gasteiger charge is 2.09. The Balaban J connectivity index is 2.13. The summed E-state index contributed by atoms with van der Waals surface area (Å²) in [5.41, 5.74) is 1.81. The van der Waals surface area contributed by atoms with Crippen LogP contribution in [0.2, 0.25) is 0 Å². The molecule has 0 aliphatic rings.